The van der Waals surface area contributed by atoms with Crippen LogP contribution in [-0.2, 0) is 6.42 Å². The monoisotopic (exact) mass is 251 g/mol. The fourth-order valence-corrected chi connectivity index (χ4v) is 1.60. The smallest absolute Gasteiger partial charge is 0.228 e. The van der Waals surface area contributed by atoms with Crippen molar-refractivity contribution >= 4 is 23.2 Å². The Morgan fingerprint density at radius 2 is 2.12 bits per heavy atom. The molecule has 0 aliphatic carbocycles. The van der Waals surface area contributed by atoms with Gasteiger partial charge in [-0.15, -0.1) is 0 Å². The van der Waals surface area contributed by atoms with Crippen LogP contribution in [0.3, 0.4) is 0 Å². The Hall–Kier alpha value is -1.68. The predicted molar refractivity (Wildman–Crippen MR) is 66.1 cm³/mol. The number of halogens is 2. The van der Waals surface area contributed by atoms with Crippen LogP contribution in [0.5, 0.6) is 0 Å². The molecule has 0 bridgehead atoms. The zero-order valence-corrected chi connectivity index (χ0v) is 10.0. The summed E-state index contributed by atoms with van der Waals surface area (Å²) in [5.41, 5.74) is 1.43. The van der Waals surface area contributed by atoms with Crippen molar-refractivity contribution in [2.75, 3.05) is 5.32 Å². The van der Waals surface area contributed by atoms with Gasteiger partial charge in [0, 0.05) is 11.4 Å². The molecule has 0 spiro atoms. The summed E-state index contributed by atoms with van der Waals surface area (Å²) in [6.07, 6.45) is 0.764. The molecule has 0 amide bonds. The van der Waals surface area contributed by atoms with Crippen molar-refractivity contribution in [3.05, 3.63) is 47.0 Å². The number of benzene rings is 1. The zero-order chi connectivity index (χ0) is 12.3. The minimum absolute atomic E-state index is 0.312. The lowest BCUT2D eigenvalue weighted by Gasteiger charge is -2.06. The van der Waals surface area contributed by atoms with Gasteiger partial charge in [0.15, 0.2) is 0 Å². The molecule has 88 valence electrons. The molecule has 0 unspecified atom stereocenters. The Labute approximate surface area is 104 Å². The van der Waals surface area contributed by atoms with Gasteiger partial charge in [-0.1, -0.05) is 24.6 Å². The molecule has 0 aliphatic rings. The maximum Gasteiger partial charge on any atom is 0.228 e. The van der Waals surface area contributed by atoms with Crippen LogP contribution in [0.1, 0.15) is 12.6 Å². The fraction of sp³-hybridized carbons (Fsp3) is 0.167. The molecule has 1 aromatic carbocycles. The van der Waals surface area contributed by atoms with E-state index in [9.17, 15) is 4.39 Å². The maximum atomic E-state index is 13.0. The summed E-state index contributed by atoms with van der Waals surface area (Å²) in [6, 6.07) is 7.80. The molecule has 5 heteroatoms. The topological polar surface area (TPSA) is 37.8 Å². The lowest BCUT2D eigenvalue weighted by atomic mass is 10.3. The molecule has 0 fully saturated rings. The van der Waals surface area contributed by atoms with Gasteiger partial charge < -0.3 is 5.32 Å². The van der Waals surface area contributed by atoms with E-state index < -0.39 is 0 Å². The van der Waals surface area contributed by atoms with Crippen LogP contribution in [0.2, 0.25) is 5.15 Å². The summed E-state index contributed by atoms with van der Waals surface area (Å²) >= 11 is 5.86. The number of hydrogen-bond acceptors (Lipinski definition) is 3. The Kier molecular flexibility index (Phi) is 3.54. The number of aromatic nitrogens is 2. The molecule has 1 N–H and O–H groups in total. The minimum Gasteiger partial charge on any atom is -0.324 e. The van der Waals surface area contributed by atoms with Gasteiger partial charge in [-0.2, -0.15) is 0 Å². The van der Waals surface area contributed by atoms with Gasteiger partial charge in [-0.25, -0.2) is 14.4 Å². The number of nitrogens with zero attached hydrogens (tertiary/aromatic N) is 2. The Morgan fingerprint density at radius 1 is 1.29 bits per heavy atom. The van der Waals surface area contributed by atoms with Crippen molar-refractivity contribution in [3.63, 3.8) is 0 Å². The second-order valence-corrected chi connectivity index (χ2v) is 3.88. The van der Waals surface area contributed by atoms with Crippen LogP contribution in [0.15, 0.2) is 30.3 Å². The largest absolute Gasteiger partial charge is 0.324 e. The first-order chi connectivity index (χ1) is 8.17. The van der Waals surface area contributed by atoms with E-state index in [2.05, 4.69) is 15.3 Å². The van der Waals surface area contributed by atoms with Crippen molar-refractivity contribution in [2.24, 2.45) is 0 Å². The molecule has 2 aromatic rings. The predicted octanol–water partition coefficient (Wildman–Crippen LogP) is 3.58. The van der Waals surface area contributed by atoms with Crippen LogP contribution >= 0.6 is 11.6 Å². The normalized spacial score (nSPS) is 10.3. The first-order valence-electron chi connectivity index (χ1n) is 5.23. The summed E-state index contributed by atoms with van der Waals surface area (Å²) in [5, 5.41) is 3.28. The van der Waals surface area contributed by atoms with E-state index in [-0.39, 0.29) is 5.82 Å². The standard InChI is InChI=1S/C12H11ClFN3/c1-2-9-7-11(13)17-12(15-9)16-10-5-3-4-8(14)6-10/h3-7H,2H2,1H3,(H,15,16,17). The summed E-state index contributed by atoms with van der Waals surface area (Å²) in [7, 11) is 0. The average Bonchev–Trinajstić information content (AvgIpc) is 2.28. The zero-order valence-electron chi connectivity index (χ0n) is 9.24. The van der Waals surface area contributed by atoms with Crippen LogP contribution in [-0.4, -0.2) is 9.97 Å². The molecule has 2 rings (SSSR count). The second kappa shape index (κ2) is 5.10. The molecular weight excluding hydrogens is 241 g/mol. The number of hydrogen-bond donors (Lipinski definition) is 1. The average molecular weight is 252 g/mol. The number of rotatable bonds is 3. The molecule has 0 atom stereocenters. The lowest BCUT2D eigenvalue weighted by molar-refractivity contribution is 0.628. The van der Waals surface area contributed by atoms with Gasteiger partial charge in [-0.3, -0.25) is 0 Å². The first-order valence-corrected chi connectivity index (χ1v) is 5.61. The highest BCUT2D eigenvalue weighted by atomic mass is 35.5. The molecule has 0 saturated heterocycles. The third kappa shape index (κ3) is 3.14. The van der Waals surface area contributed by atoms with Crippen molar-refractivity contribution in [3.8, 4) is 0 Å². The third-order valence-electron chi connectivity index (χ3n) is 2.19. The van der Waals surface area contributed by atoms with Gasteiger partial charge in [0.2, 0.25) is 5.95 Å². The summed E-state index contributed by atoms with van der Waals surface area (Å²) in [4.78, 5) is 8.28. The summed E-state index contributed by atoms with van der Waals surface area (Å²) < 4.78 is 13.0. The SMILES string of the molecule is CCc1cc(Cl)nc(Nc2cccc(F)c2)n1. The molecular formula is C12H11ClFN3. The van der Waals surface area contributed by atoms with E-state index in [1.54, 1.807) is 18.2 Å². The highest BCUT2D eigenvalue weighted by Gasteiger charge is 2.03. The van der Waals surface area contributed by atoms with Gasteiger partial charge in [0.1, 0.15) is 11.0 Å². The highest BCUT2D eigenvalue weighted by Crippen LogP contribution is 2.16. The van der Waals surface area contributed by atoms with E-state index in [1.165, 1.54) is 12.1 Å². The van der Waals surface area contributed by atoms with E-state index in [4.69, 9.17) is 11.6 Å². The Morgan fingerprint density at radius 3 is 2.82 bits per heavy atom. The number of nitrogens with one attached hydrogen (secondary N) is 1. The maximum absolute atomic E-state index is 13.0. The fourth-order valence-electron chi connectivity index (χ4n) is 1.40. The van der Waals surface area contributed by atoms with E-state index in [0.717, 1.165) is 12.1 Å². The van der Waals surface area contributed by atoms with Crippen LogP contribution in [0.4, 0.5) is 16.0 Å². The van der Waals surface area contributed by atoms with E-state index in [0.29, 0.717) is 16.8 Å². The lowest BCUT2D eigenvalue weighted by Crippen LogP contribution is -2.00. The Bertz CT molecular complexity index is 531. The third-order valence-corrected chi connectivity index (χ3v) is 2.38. The minimum atomic E-state index is -0.312. The van der Waals surface area contributed by atoms with Gasteiger partial charge in [0.25, 0.3) is 0 Å². The van der Waals surface area contributed by atoms with Gasteiger partial charge >= 0.3 is 0 Å². The first kappa shape index (κ1) is 11.8. The number of anilines is 2. The van der Waals surface area contributed by atoms with E-state index >= 15 is 0 Å². The van der Waals surface area contributed by atoms with Crippen molar-refractivity contribution < 1.29 is 4.39 Å². The molecule has 0 radical (unpaired) electrons. The summed E-state index contributed by atoms with van der Waals surface area (Å²) in [6.45, 7) is 1.98. The van der Waals surface area contributed by atoms with Crippen molar-refractivity contribution in [1.29, 1.82) is 0 Å². The second-order valence-electron chi connectivity index (χ2n) is 3.49. The number of aryl methyl sites for hydroxylation is 1. The van der Waals surface area contributed by atoms with Crippen molar-refractivity contribution in [1.82, 2.24) is 9.97 Å². The van der Waals surface area contributed by atoms with Gasteiger partial charge in [-0.05, 0) is 30.7 Å². The molecule has 1 heterocycles. The molecule has 17 heavy (non-hydrogen) atoms. The molecule has 3 nitrogen and oxygen atoms in total. The quantitative estimate of drug-likeness (QED) is 0.848. The van der Waals surface area contributed by atoms with Crippen LogP contribution in [0.25, 0.3) is 0 Å². The molecule has 1 aromatic heterocycles. The molecule has 0 aliphatic heterocycles. The molecule has 0 saturated carbocycles. The van der Waals surface area contributed by atoms with Crippen LogP contribution < -0.4 is 5.32 Å². The highest BCUT2D eigenvalue weighted by molar-refractivity contribution is 6.29. The van der Waals surface area contributed by atoms with Crippen LogP contribution in [0, 0.1) is 5.82 Å². The van der Waals surface area contributed by atoms with E-state index in [1.807, 2.05) is 6.92 Å². The van der Waals surface area contributed by atoms with Crippen molar-refractivity contribution in [2.45, 2.75) is 13.3 Å². The summed E-state index contributed by atoms with van der Waals surface area (Å²) in [5.74, 6) is 0.0627. The van der Waals surface area contributed by atoms with Gasteiger partial charge in [0.05, 0.1) is 0 Å². The Balaban J connectivity index is 2.26.